The molecule has 6 nitrogen and oxygen atoms in total. The fourth-order valence-electron chi connectivity index (χ4n) is 2.65. The second-order valence-corrected chi connectivity index (χ2v) is 5.82. The van der Waals surface area contributed by atoms with Crippen LogP contribution in [-0.2, 0) is 6.54 Å². The summed E-state index contributed by atoms with van der Waals surface area (Å²) in [4.78, 5) is 13.6. The molecule has 0 aliphatic rings. The van der Waals surface area contributed by atoms with Crippen molar-refractivity contribution < 1.29 is 9.21 Å². The fourth-order valence-corrected chi connectivity index (χ4v) is 2.65. The largest absolute Gasteiger partial charge is 0.462 e. The van der Waals surface area contributed by atoms with Gasteiger partial charge >= 0.3 is 0 Å². The molecule has 126 valence electrons. The zero-order chi connectivity index (χ0) is 16.7. The molecule has 0 aliphatic carbocycles. The zero-order valence-corrected chi connectivity index (χ0v) is 14.0. The van der Waals surface area contributed by atoms with Crippen LogP contribution >= 0.6 is 0 Å². The highest BCUT2D eigenvalue weighted by atomic mass is 16.3. The average Bonchev–Trinajstić information content (AvgIpc) is 3.16. The first-order valence-electron chi connectivity index (χ1n) is 8.29. The molecule has 0 fully saturated rings. The molecule has 0 aromatic carbocycles. The second-order valence-electron chi connectivity index (χ2n) is 5.82. The Morgan fingerprint density at radius 2 is 2.13 bits per heavy atom. The monoisotopic (exact) mass is 318 g/mol. The van der Waals surface area contributed by atoms with E-state index >= 15 is 0 Å². The zero-order valence-electron chi connectivity index (χ0n) is 14.0. The van der Waals surface area contributed by atoms with E-state index < -0.39 is 5.91 Å². The summed E-state index contributed by atoms with van der Waals surface area (Å²) in [6, 6.07) is 1.65. The van der Waals surface area contributed by atoms with E-state index in [4.69, 9.17) is 10.2 Å². The van der Waals surface area contributed by atoms with E-state index in [1.807, 2.05) is 6.20 Å². The number of amides is 1. The van der Waals surface area contributed by atoms with Crippen molar-refractivity contribution in [2.24, 2.45) is 5.73 Å². The van der Waals surface area contributed by atoms with Gasteiger partial charge in [-0.3, -0.25) is 14.8 Å². The number of primary amides is 1. The van der Waals surface area contributed by atoms with Crippen LogP contribution < -0.4 is 5.73 Å². The Bertz CT molecular complexity index is 618. The molecule has 0 radical (unpaired) electrons. The topological polar surface area (TPSA) is 88.1 Å². The summed E-state index contributed by atoms with van der Waals surface area (Å²) in [6.45, 7) is 7.35. The molecule has 1 amide bonds. The van der Waals surface area contributed by atoms with Crippen molar-refractivity contribution in [3.8, 4) is 11.5 Å². The third kappa shape index (κ3) is 4.69. The summed E-state index contributed by atoms with van der Waals surface area (Å²) < 4.78 is 5.46. The number of carbonyl (C=O) groups is 1. The van der Waals surface area contributed by atoms with Gasteiger partial charge in [-0.2, -0.15) is 5.10 Å². The molecule has 0 atom stereocenters. The van der Waals surface area contributed by atoms with Gasteiger partial charge in [-0.15, -0.1) is 0 Å². The Balaban J connectivity index is 2.10. The van der Waals surface area contributed by atoms with E-state index in [2.05, 4.69) is 28.9 Å². The Labute approximate surface area is 137 Å². The van der Waals surface area contributed by atoms with Crippen molar-refractivity contribution in [2.75, 3.05) is 13.1 Å². The Morgan fingerprint density at radius 3 is 2.78 bits per heavy atom. The van der Waals surface area contributed by atoms with Crippen LogP contribution in [-0.4, -0.2) is 34.1 Å². The summed E-state index contributed by atoms with van der Waals surface area (Å²) in [6.07, 6.45) is 8.00. The van der Waals surface area contributed by atoms with Gasteiger partial charge in [0.15, 0.2) is 5.76 Å². The first-order chi connectivity index (χ1) is 11.2. The number of aromatic nitrogens is 2. The number of hydrogen-bond acceptors (Lipinski definition) is 4. The van der Waals surface area contributed by atoms with Crippen molar-refractivity contribution in [3.63, 3.8) is 0 Å². The maximum Gasteiger partial charge on any atom is 0.251 e. The maximum atomic E-state index is 11.2. The van der Waals surface area contributed by atoms with Gasteiger partial charge in [0.25, 0.3) is 5.91 Å². The summed E-state index contributed by atoms with van der Waals surface area (Å²) in [5, 5.41) is 7.10. The van der Waals surface area contributed by atoms with Gasteiger partial charge in [0, 0.05) is 12.1 Å². The third-order valence-electron chi connectivity index (χ3n) is 3.86. The minimum atomic E-state index is -0.492. The number of H-pyrrole nitrogens is 1. The first-order valence-corrected chi connectivity index (χ1v) is 8.29. The number of nitrogens with zero attached hydrogens (tertiary/aromatic N) is 2. The predicted octanol–water partition coefficient (Wildman–Crippen LogP) is 3.17. The molecule has 2 aromatic rings. The van der Waals surface area contributed by atoms with Gasteiger partial charge in [-0.05, 0) is 32.0 Å². The number of carbonyl (C=O) groups excluding carboxylic acids is 1. The van der Waals surface area contributed by atoms with Crippen LogP contribution in [0.1, 0.15) is 55.5 Å². The molecule has 0 spiro atoms. The molecule has 2 heterocycles. The van der Waals surface area contributed by atoms with Crippen LogP contribution in [0.15, 0.2) is 22.9 Å². The van der Waals surface area contributed by atoms with Crippen LogP contribution in [0.3, 0.4) is 0 Å². The number of aromatic amines is 1. The minimum Gasteiger partial charge on any atom is -0.462 e. The molecule has 0 unspecified atom stereocenters. The highest BCUT2D eigenvalue weighted by molar-refractivity contribution is 5.93. The van der Waals surface area contributed by atoms with Crippen molar-refractivity contribution >= 4 is 5.91 Å². The van der Waals surface area contributed by atoms with Gasteiger partial charge in [0.05, 0.1) is 11.8 Å². The summed E-state index contributed by atoms with van der Waals surface area (Å²) in [5.41, 5.74) is 7.53. The van der Waals surface area contributed by atoms with E-state index in [9.17, 15) is 4.79 Å². The quantitative estimate of drug-likeness (QED) is 0.659. The minimum absolute atomic E-state index is 0.369. The van der Waals surface area contributed by atoms with Gasteiger partial charge in [0.2, 0.25) is 0 Å². The molecule has 3 N–H and O–H groups in total. The molecule has 0 saturated carbocycles. The van der Waals surface area contributed by atoms with Crippen molar-refractivity contribution in [2.45, 2.75) is 46.1 Å². The molecule has 2 rings (SSSR count). The number of hydrogen-bond donors (Lipinski definition) is 2. The SMILES string of the molecule is CCCCCN(CCC)Cc1cn[nH]c1-c1cc(C(N)=O)co1. The molecule has 0 bridgehead atoms. The van der Waals surface area contributed by atoms with E-state index in [1.54, 1.807) is 6.07 Å². The van der Waals surface area contributed by atoms with Crippen LogP contribution in [0.25, 0.3) is 11.5 Å². The van der Waals surface area contributed by atoms with Crippen LogP contribution in [0.2, 0.25) is 0 Å². The van der Waals surface area contributed by atoms with Crippen LogP contribution in [0, 0.1) is 0 Å². The van der Waals surface area contributed by atoms with Crippen molar-refractivity contribution in [3.05, 3.63) is 29.7 Å². The lowest BCUT2D eigenvalue weighted by Crippen LogP contribution is -2.25. The van der Waals surface area contributed by atoms with Crippen molar-refractivity contribution in [1.29, 1.82) is 0 Å². The number of rotatable bonds is 10. The highest BCUT2D eigenvalue weighted by Crippen LogP contribution is 2.24. The average molecular weight is 318 g/mol. The predicted molar refractivity (Wildman–Crippen MR) is 89.9 cm³/mol. The number of nitrogens with one attached hydrogen (secondary N) is 1. The van der Waals surface area contributed by atoms with Crippen LogP contribution in [0.4, 0.5) is 0 Å². The molecular weight excluding hydrogens is 292 g/mol. The molecule has 23 heavy (non-hydrogen) atoms. The smallest absolute Gasteiger partial charge is 0.251 e. The molecule has 2 aromatic heterocycles. The summed E-state index contributed by atoms with van der Waals surface area (Å²) in [7, 11) is 0. The fraction of sp³-hybridized carbons (Fsp3) is 0.529. The summed E-state index contributed by atoms with van der Waals surface area (Å²) in [5.74, 6) is 0.101. The number of nitrogens with two attached hydrogens (primary N) is 1. The Hall–Kier alpha value is -2.08. The second kappa shape index (κ2) is 8.53. The number of unbranched alkanes of at least 4 members (excludes halogenated alkanes) is 2. The summed E-state index contributed by atoms with van der Waals surface area (Å²) >= 11 is 0. The van der Waals surface area contributed by atoms with Gasteiger partial charge in [-0.1, -0.05) is 26.7 Å². The lowest BCUT2D eigenvalue weighted by atomic mass is 10.1. The molecule has 6 heteroatoms. The first kappa shape index (κ1) is 17.3. The maximum absolute atomic E-state index is 11.2. The lowest BCUT2D eigenvalue weighted by Gasteiger charge is -2.21. The van der Waals surface area contributed by atoms with Crippen molar-refractivity contribution in [1.82, 2.24) is 15.1 Å². The lowest BCUT2D eigenvalue weighted by molar-refractivity contribution is 0.0999. The van der Waals surface area contributed by atoms with Gasteiger partial charge in [-0.25, -0.2) is 0 Å². The Morgan fingerprint density at radius 1 is 1.30 bits per heavy atom. The van der Waals surface area contributed by atoms with Gasteiger partial charge in [0.1, 0.15) is 12.0 Å². The molecule has 0 saturated heterocycles. The Kier molecular flexibility index (Phi) is 6.40. The van der Waals surface area contributed by atoms with Crippen LogP contribution in [0.5, 0.6) is 0 Å². The third-order valence-corrected chi connectivity index (χ3v) is 3.86. The van der Waals surface area contributed by atoms with E-state index in [0.717, 1.165) is 37.3 Å². The number of furan rings is 1. The van der Waals surface area contributed by atoms with Gasteiger partial charge < -0.3 is 10.2 Å². The highest BCUT2D eigenvalue weighted by Gasteiger charge is 2.16. The van der Waals surface area contributed by atoms with E-state index in [0.29, 0.717) is 11.3 Å². The normalized spacial score (nSPS) is 11.3. The van der Waals surface area contributed by atoms with E-state index in [-0.39, 0.29) is 0 Å². The van der Waals surface area contributed by atoms with E-state index in [1.165, 1.54) is 25.5 Å². The molecule has 0 aliphatic heterocycles. The standard InChI is InChI=1S/C17H26N4O2/c1-3-5-6-8-21(7-4-2)11-14-10-19-20-16(14)15-9-13(12-23-15)17(18)22/h9-10,12H,3-8,11H2,1-2H3,(H2,18,22)(H,19,20). The molecular formula is C17H26N4O2.